The van der Waals surface area contributed by atoms with Crippen LogP contribution in [0.3, 0.4) is 0 Å². The summed E-state index contributed by atoms with van der Waals surface area (Å²) in [7, 11) is 0. The lowest BCUT2D eigenvalue weighted by Crippen LogP contribution is -2.03. The fraction of sp³-hybridized carbons (Fsp3) is 0.154. The minimum atomic E-state index is 0.0673. The Morgan fingerprint density at radius 3 is 2.74 bits per heavy atom. The zero-order valence-electron chi connectivity index (χ0n) is 9.54. The number of alkyl halides is 1. The first kappa shape index (κ1) is 13.8. The van der Waals surface area contributed by atoms with Crippen molar-refractivity contribution in [1.29, 1.82) is 0 Å². The molecule has 0 fully saturated rings. The van der Waals surface area contributed by atoms with Gasteiger partial charge in [-0.3, -0.25) is 4.79 Å². The van der Waals surface area contributed by atoms with E-state index in [1.54, 1.807) is 11.3 Å². The van der Waals surface area contributed by atoms with Crippen LogP contribution in [0, 0.1) is 0 Å². The van der Waals surface area contributed by atoms with Crippen molar-refractivity contribution in [3.8, 4) is 0 Å². The second-order valence-electron chi connectivity index (χ2n) is 4.28. The number of carbonyl (C=O) groups is 1. The molecular formula is C13H8Br3NOS. The van der Waals surface area contributed by atoms with E-state index < -0.39 is 0 Å². The van der Waals surface area contributed by atoms with Crippen LogP contribution in [-0.4, -0.2) is 5.91 Å². The van der Waals surface area contributed by atoms with E-state index in [2.05, 4.69) is 65.2 Å². The Kier molecular flexibility index (Phi) is 3.86. The van der Waals surface area contributed by atoms with Crippen molar-refractivity contribution in [3.63, 3.8) is 0 Å². The minimum absolute atomic E-state index is 0.0673. The lowest BCUT2D eigenvalue weighted by molar-refractivity contribution is -0.115. The van der Waals surface area contributed by atoms with Gasteiger partial charge in [0, 0.05) is 5.69 Å². The van der Waals surface area contributed by atoms with Gasteiger partial charge in [0.1, 0.15) is 0 Å². The van der Waals surface area contributed by atoms with E-state index >= 15 is 0 Å². The molecular weight excluding hydrogens is 458 g/mol. The fourth-order valence-electron chi connectivity index (χ4n) is 2.11. The molecule has 1 aromatic heterocycles. The standard InChI is InChI=1S/C13H8Br3NOS/c14-10-5-8(13(16)19-10)12(15)6-1-2-9-7(3-6)4-11(18)17-9/h1-3,5,12H,4H2,(H,17,18). The topological polar surface area (TPSA) is 29.1 Å². The van der Waals surface area contributed by atoms with Gasteiger partial charge in [-0.25, -0.2) is 0 Å². The molecule has 2 aromatic rings. The van der Waals surface area contributed by atoms with E-state index in [9.17, 15) is 4.79 Å². The molecule has 1 unspecified atom stereocenters. The van der Waals surface area contributed by atoms with Crippen molar-refractivity contribution < 1.29 is 4.79 Å². The number of fused-ring (bicyclic) bond motifs is 1. The summed E-state index contributed by atoms with van der Waals surface area (Å²) in [4.78, 5) is 11.5. The van der Waals surface area contributed by atoms with Crippen molar-refractivity contribution in [3.05, 3.63) is 48.5 Å². The van der Waals surface area contributed by atoms with Gasteiger partial charge >= 0.3 is 0 Å². The van der Waals surface area contributed by atoms with E-state index in [1.165, 1.54) is 5.56 Å². The number of amides is 1. The van der Waals surface area contributed by atoms with E-state index in [-0.39, 0.29) is 10.7 Å². The zero-order valence-corrected chi connectivity index (χ0v) is 15.1. The first-order chi connectivity index (χ1) is 9.04. The highest BCUT2D eigenvalue weighted by atomic mass is 79.9. The quantitative estimate of drug-likeness (QED) is 0.603. The smallest absolute Gasteiger partial charge is 0.228 e. The van der Waals surface area contributed by atoms with Crippen LogP contribution in [0.25, 0.3) is 0 Å². The number of hydrogen-bond acceptors (Lipinski definition) is 2. The summed E-state index contributed by atoms with van der Waals surface area (Å²) < 4.78 is 2.20. The van der Waals surface area contributed by atoms with Crippen LogP contribution in [0.1, 0.15) is 21.5 Å². The molecule has 1 atom stereocenters. The number of halogens is 3. The number of thiophene rings is 1. The van der Waals surface area contributed by atoms with Gasteiger partial charge in [-0.1, -0.05) is 28.1 Å². The molecule has 2 heterocycles. The molecule has 1 aliphatic heterocycles. The Bertz CT molecular complexity index is 668. The molecule has 1 amide bonds. The lowest BCUT2D eigenvalue weighted by Gasteiger charge is -2.11. The van der Waals surface area contributed by atoms with Gasteiger partial charge in [-0.15, -0.1) is 11.3 Å². The first-order valence-electron chi connectivity index (χ1n) is 5.56. The molecule has 2 nitrogen and oxygen atoms in total. The molecule has 1 aromatic carbocycles. The predicted molar refractivity (Wildman–Crippen MR) is 89.3 cm³/mol. The maximum atomic E-state index is 11.4. The number of anilines is 1. The Morgan fingerprint density at radius 2 is 2.05 bits per heavy atom. The number of rotatable bonds is 2. The fourth-order valence-corrected chi connectivity index (χ4v) is 6.12. The highest BCUT2D eigenvalue weighted by Crippen LogP contribution is 2.42. The molecule has 0 radical (unpaired) electrons. The number of carbonyl (C=O) groups excluding carboxylic acids is 1. The molecule has 19 heavy (non-hydrogen) atoms. The molecule has 0 aliphatic carbocycles. The molecule has 3 rings (SSSR count). The van der Waals surface area contributed by atoms with Crippen LogP contribution in [0.5, 0.6) is 0 Å². The van der Waals surface area contributed by atoms with Crippen LogP contribution >= 0.6 is 59.1 Å². The van der Waals surface area contributed by atoms with Crippen molar-refractivity contribution in [1.82, 2.24) is 0 Å². The summed E-state index contributed by atoms with van der Waals surface area (Å²) in [6.07, 6.45) is 0.470. The van der Waals surface area contributed by atoms with E-state index in [4.69, 9.17) is 0 Å². The lowest BCUT2D eigenvalue weighted by atomic mass is 10.0. The van der Waals surface area contributed by atoms with Crippen LogP contribution in [0.2, 0.25) is 0 Å². The van der Waals surface area contributed by atoms with Gasteiger partial charge in [-0.05, 0) is 60.7 Å². The second kappa shape index (κ2) is 5.31. The van der Waals surface area contributed by atoms with Crippen molar-refractivity contribution in [2.24, 2.45) is 0 Å². The van der Waals surface area contributed by atoms with Crippen LogP contribution in [0.4, 0.5) is 5.69 Å². The third-order valence-electron chi connectivity index (χ3n) is 3.00. The van der Waals surface area contributed by atoms with Gasteiger partial charge in [0.05, 0.1) is 18.8 Å². The normalized spacial score (nSPS) is 15.2. The Labute approximate surface area is 140 Å². The number of hydrogen-bond donors (Lipinski definition) is 1. The summed E-state index contributed by atoms with van der Waals surface area (Å²) in [6, 6.07) is 8.20. The highest BCUT2D eigenvalue weighted by molar-refractivity contribution is 9.12. The SMILES string of the molecule is O=C1Cc2cc(C(Br)c3cc(Br)sc3Br)ccc2N1. The molecule has 0 bridgehead atoms. The van der Waals surface area contributed by atoms with Crippen molar-refractivity contribution >= 4 is 70.7 Å². The molecule has 0 saturated carbocycles. The Morgan fingerprint density at radius 1 is 1.26 bits per heavy atom. The summed E-state index contributed by atoms with van der Waals surface area (Å²) in [5.74, 6) is 0.0673. The number of benzene rings is 1. The van der Waals surface area contributed by atoms with Crippen LogP contribution < -0.4 is 5.32 Å². The zero-order chi connectivity index (χ0) is 13.6. The van der Waals surface area contributed by atoms with Crippen molar-refractivity contribution in [2.75, 3.05) is 5.32 Å². The monoisotopic (exact) mass is 463 g/mol. The minimum Gasteiger partial charge on any atom is -0.326 e. The van der Waals surface area contributed by atoms with Gasteiger partial charge < -0.3 is 5.32 Å². The van der Waals surface area contributed by atoms with Gasteiger partial charge in [0.15, 0.2) is 0 Å². The first-order valence-corrected chi connectivity index (χ1v) is 8.88. The molecule has 0 saturated heterocycles. The van der Waals surface area contributed by atoms with E-state index in [0.29, 0.717) is 6.42 Å². The van der Waals surface area contributed by atoms with Gasteiger partial charge in [0.25, 0.3) is 0 Å². The highest BCUT2D eigenvalue weighted by Gasteiger charge is 2.21. The van der Waals surface area contributed by atoms with Gasteiger partial charge in [-0.2, -0.15) is 0 Å². The molecule has 0 spiro atoms. The Balaban J connectivity index is 1.97. The number of nitrogens with one attached hydrogen (secondary N) is 1. The average Bonchev–Trinajstić information content (AvgIpc) is 2.88. The summed E-state index contributed by atoms with van der Waals surface area (Å²) >= 11 is 12.5. The molecule has 6 heteroatoms. The molecule has 98 valence electrons. The summed E-state index contributed by atoms with van der Waals surface area (Å²) in [5, 5.41) is 2.85. The summed E-state index contributed by atoms with van der Waals surface area (Å²) in [5.41, 5.74) is 4.34. The van der Waals surface area contributed by atoms with E-state index in [1.807, 2.05) is 12.1 Å². The third kappa shape index (κ3) is 2.68. The van der Waals surface area contributed by atoms with Crippen LogP contribution in [-0.2, 0) is 11.2 Å². The largest absolute Gasteiger partial charge is 0.326 e. The summed E-state index contributed by atoms with van der Waals surface area (Å²) in [6.45, 7) is 0. The van der Waals surface area contributed by atoms with Crippen molar-refractivity contribution in [2.45, 2.75) is 11.2 Å². The predicted octanol–water partition coefficient (Wildman–Crippen LogP) is 5.25. The Hall–Kier alpha value is -0.170. The third-order valence-corrected chi connectivity index (χ3v) is 6.41. The average molecular weight is 466 g/mol. The molecule has 1 N–H and O–H groups in total. The molecule has 1 aliphatic rings. The maximum absolute atomic E-state index is 11.4. The van der Waals surface area contributed by atoms with Gasteiger partial charge in [0.2, 0.25) is 5.91 Å². The second-order valence-corrected chi connectivity index (χ2v) is 8.95. The maximum Gasteiger partial charge on any atom is 0.228 e. The van der Waals surface area contributed by atoms with Crippen LogP contribution in [0.15, 0.2) is 31.8 Å². The van der Waals surface area contributed by atoms with E-state index in [0.717, 1.165) is 24.4 Å².